The summed E-state index contributed by atoms with van der Waals surface area (Å²) in [5.41, 5.74) is 9.00. The van der Waals surface area contributed by atoms with Gasteiger partial charge in [-0.1, -0.05) is 41.9 Å². The van der Waals surface area contributed by atoms with Gasteiger partial charge in [0.1, 0.15) is 5.82 Å². The normalized spacial score (nSPS) is 12.5. The van der Waals surface area contributed by atoms with Crippen molar-refractivity contribution in [1.82, 2.24) is 0 Å². The highest BCUT2D eigenvalue weighted by atomic mass is 35.5. The third kappa shape index (κ3) is 2.40. The summed E-state index contributed by atoms with van der Waals surface area (Å²) in [5.74, 6) is -0.248. The molecule has 3 heteroatoms. The molecule has 2 aromatic rings. The molecule has 94 valence electrons. The highest BCUT2D eigenvalue weighted by molar-refractivity contribution is 6.31. The maximum absolute atomic E-state index is 14.0. The van der Waals surface area contributed by atoms with Crippen LogP contribution in [-0.4, -0.2) is 0 Å². The molecule has 1 atom stereocenters. The molecule has 0 radical (unpaired) electrons. The molecule has 0 aliphatic heterocycles. The Morgan fingerprint density at radius 3 is 2.50 bits per heavy atom. The van der Waals surface area contributed by atoms with Crippen molar-refractivity contribution < 1.29 is 4.39 Å². The first kappa shape index (κ1) is 13.1. The Labute approximate surface area is 111 Å². The fraction of sp³-hybridized carbons (Fsp3) is 0.200. The molecule has 0 saturated heterocycles. The minimum atomic E-state index is -0.497. The van der Waals surface area contributed by atoms with Crippen LogP contribution in [0.3, 0.4) is 0 Å². The van der Waals surface area contributed by atoms with Crippen LogP contribution >= 0.6 is 11.6 Å². The van der Waals surface area contributed by atoms with Crippen LogP contribution in [0.1, 0.15) is 28.3 Å². The smallest absolute Gasteiger partial charge is 0.131 e. The van der Waals surface area contributed by atoms with Crippen LogP contribution in [0, 0.1) is 19.7 Å². The zero-order valence-corrected chi connectivity index (χ0v) is 11.1. The van der Waals surface area contributed by atoms with Gasteiger partial charge in [-0.2, -0.15) is 0 Å². The highest BCUT2D eigenvalue weighted by Gasteiger charge is 2.15. The molecule has 0 spiro atoms. The van der Waals surface area contributed by atoms with Gasteiger partial charge in [-0.05, 0) is 36.6 Å². The standard InChI is InChI=1S/C15H15ClFN/c1-9-6-7-11(8-13(9)16)15(18)12-5-3-4-10(2)14(12)17/h3-8,15H,18H2,1-2H3. The number of nitrogens with two attached hydrogens (primary N) is 1. The van der Waals surface area contributed by atoms with E-state index >= 15 is 0 Å². The molecule has 0 fully saturated rings. The molecular weight excluding hydrogens is 249 g/mol. The first-order valence-electron chi connectivity index (χ1n) is 5.77. The van der Waals surface area contributed by atoms with Crippen molar-refractivity contribution in [2.75, 3.05) is 0 Å². The monoisotopic (exact) mass is 263 g/mol. The van der Waals surface area contributed by atoms with Crippen molar-refractivity contribution in [3.05, 3.63) is 69.5 Å². The summed E-state index contributed by atoms with van der Waals surface area (Å²) >= 11 is 6.07. The molecule has 2 rings (SSSR count). The molecule has 0 heterocycles. The number of benzene rings is 2. The van der Waals surface area contributed by atoms with E-state index in [1.54, 1.807) is 25.1 Å². The Balaban J connectivity index is 2.44. The van der Waals surface area contributed by atoms with Crippen molar-refractivity contribution >= 4 is 11.6 Å². The lowest BCUT2D eigenvalue weighted by Crippen LogP contribution is -2.14. The van der Waals surface area contributed by atoms with Gasteiger partial charge in [-0.3, -0.25) is 0 Å². The van der Waals surface area contributed by atoms with E-state index in [2.05, 4.69) is 0 Å². The Morgan fingerprint density at radius 2 is 1.83 bits per heavy atom. The summed E-state index contributed by atoms with van der Waals surface area (Å²) < 4.78 is 14.0. The predicted octanol–water partition coefficient (Wildman–Crippen LogP) is 4.14. The molecule has 0 saturated carbocycles. The fourth-order valence-corrected chi connectivity index (χ4v) is 2.08. The van der Waals surface area contributed by atoms with Gasteiger partial charge in [0.05, 0.1) is 6.04 Å². The van der Waals surface area contributed by atoms with Gasteiger partial charge in [-0.25, -0.2) is 4.39 Å². The molecule has 2 N–H and O–H groups in total. The maximum atomic E-state index is 14.0. The Morgan fingerprint density at radius 1 is 1.11 bits per heavy atom. The van der Waals surface area contributed by atoms with E-state index in [4.69, 9.17) is 17.3 Å². The van der Waals surface area contributed by atoms with Crippen LogP contribution in [0.5, 0.6) is 0 Å². The maximum Gasteiger partial charge on any atom is 0.131 e. The second kappa shape index (κ2) is 5.09. The van der Waals surface area contributed by atoms with E-state index < -0.39 is 6.04 Å². The quantitative estimate of drug-likeness (QED) is 0.866. The van der Waals surface area contributed by atoms with Crippen molar-refractivity contribution in [2.24, 2.45) is 5.73 Å². The zero-order chi connectivity index (χ0) is 13.3. The van der Waals surface area contributed by atoms with Crippen molar-refractivity contribution in [2.45, 2.75) is 19.9 Å². The molecule has 0 bridgehead atoms. The Hall–Kier alpha value is -1.38. The molecule has 2 aromatic carbocycles. The topological polar surface area (TPSA) is 26.0 Å². The summed E-state index contributed by atoms with van der Waals surface area (Å²) in [4.78, 5) is 0. The van der Waals surface area contributed by atoms with Gasteiger partial charge >= 0.3 is 0 Å². The first-order valence-corrected chi connectivity index (χ1v) is 6.15. The molecule has 0 aromatic heterocycles. The van der Waals surface area contributed by atoms with Gasteiger partial charge < -0.3 is 5.73 Å². The lowest BCUT2D eigenvalue weighted by Gasteiger charge is -2.15. The minimum Gasteiger partial charge on any atom is -0.320 e. The highest BCUT2D eigenvalue weighted by Crippen LogP contribution is 2.27. The molecule has 1 nitrogen and oxygen atoms in total. The zero-order valence-electron chi connectivity index (χ0n) is 10.4. The third-order valence-corrected chi connectivity index (χ3v) is 3.52. The van der Waals surface area contributed by atoms with E-state index in [1.807, 2.05) is 25.1 Å². The fourth-order valence-electron chi connectivity index (χ4n) is 1.89. The SMILES string of the molecule is Cc1ccc(C(N)c2cccc(C)c2F)cc1Cl. The average molecular weight is 264 g/mol. The molecule has 18 heavy (non-hydrogen) atoms. The van der Waals surface area contributed by atoms with E-state index in [-0.39, 0.29) is 5.82 Å². The number of hydrogen-bond donors (Lipinski definition) is 1. The van der Waals surface area contributed by atoms with Crippen LogP contribution < -0.4 is 5.73 Å². The van der Waals surface area contributed by atoms with Crippen molar-refractivity contribution in [1.29, 1.82) is 0 Å². The minimum absolute atomic E-state index is 0.248. The average Bonchev–Trinajstić information content (AvgIpc) is 2.35. The second-order valence-corrected chi connectivity index (χ2v) is 4.87. The summed E-state index contributed by atoms with van der Waals surface area (Å²) in [6.07, 6.45) is 0. The van der Waals surface area contributed by atoms with E-state index in [9.17, 15) is 4.39 Å². The van der Waals surface area contributed by atoms with Gasteiger partial charge in [-0.15, -0.1) is 0 Å². The summed E-state index contributed by atoms with van der Waals surface area (Å²) in [7, 11) is 0. The number of hydrogen-bond acceptors (Lipinski definition) is 1. The van der Waals surface area contributed by atoms with Crippen molar-refractivity contribution in [3.8, 4) is 0 Å². The van der Waals surface area contributed by atoms with Gasteiger partial charge in [0.15, 0.2) is 0 Å². The van der Waals surface area contributed by atoms with Crippen LogP contribution in [-0.2, 0) is 0 Å². The lowest BCUT2D eigenvalue weighted by molar-refractivity contribution is 0.591. The first-order chi connectivity index (χ1) is 8.50. The summed E-state index contributed by atoms with van der Waals surface area (Å²) in [5, 5.41) is 0.649. The summed E-state index contributed by atoms with van der Waals surface area (Å²) in [6.45, 7) is 3.65. The number of halogens is 2. The molecule has 0 amide bonds. The largest absolute Gasteiger partial charge is 0.320 e. The van der Waals surface area contributed by atoms with Gasteiger partial charge in [0.25, 0.3) is 0 Å². The second-order valence-electron chi connectivity index (χ2n) is 4.46. The van der Waals surface area contributed by atoms with E-state index in [0.717, 1.165) is 11.1 Å². The number of rotatable bonds is 2. The van der Waals surface area contributed by atoms with E-state index in [1.165, 1.54) is 0 Å². The number of aryl methyl sites for hydroxylation is 2. The Kier molecular flexibility index (Phi) is 3.69. The van der Waals surface area contributed by atoms with Gasteiger partial charge in [0.2, 0.25) is 0 Å². The van der Waals surface area contributed by atoms with E-state index in [0.29, 0.717) is 16.1 Å². The van der Waals surface area contributed by atoms with Crippen molar-refractivity contribution in [3.63, 3.8) is 0 Å². The van der Waals surface area contributed by atoms with Crippen LogP contribution in [0.25, 0.3) is 0 Å². The molecular formula is C15H15ClFN. The summed E-state index contributed by atoms with van der Waals surface area (Å²) in [6, 6.07) is 10.3. The lowest BCUT2D eigenvalue weighted by atomic mass is 9.97. The van der Waals surface area contributed by atoms with Crippen LogP contribution in [0.4, 0.5) is 4.39 Å². The Bertz CT molecular complexity index is 581. The van der Waals surface area contributed by atoms with Crippen LogP contribution in [0.15, 0.2) is 36.4 Å². The van der Waals surface area contributed by atoms with Gasteiger partial charge in [0, 0.05) is 10.6 Å². The molecule has 0 aliphatic rings. The predicted molar refractivity (Wildman–Crippen MR) is 73.4 cm³/mol. The van der Waals surface area contributed by atoms with Crippen LogP contribution in [0.2, 0.25) is 5.02 Å². The molecule has 1 unspecified atom stereocenters. The third-order valence-electron chi connectivity index (χ3n) is 3.11. The molecule has 0 aliphatic carbocycles.